The third-order valence-corrected chi connectivity index (χ3v) is 7.00. The van der Waals surface area contributed by atoms with Gasteiger partial charge in [0.2, 0.25) is 11.8 Å². The Morgan fingerprint density at radius 3 is 2.31 bits per heavy atom. The van der Waals surface area contributed by atoms with Crippen molar-refractivity contribution in [3.63, 3.8) is 0 Å². The molecule has 2 aromatic rings. The normalized spacial score (nSPS) is 19.2. The van der Waals surface area contributed by atoms with Crippen LogP contribution >= 0.6 is 11.6 Å². The van der Waals surface area contributed by atoms with Crippen molar-refractivity contribution in [3.05, 3.63) is 53.1 Å². The summed E-state index contributed by atoms with van der Waals surface area (Å²) in [5, 5.41) is 3.22. The van der Waals surface area contributed by atoms with Crippen LogP contribution in [-0.4, -0.2) is 48.5 Å². The SMILES string of the molecule is CC(=O)N1CCCCC1C(=O)Nc1ccc(OC2CCN(c3ccc(C(F)(F)F)cc3)CC2)c(Cl)c1. The van der Waals surface area contributed by atoms with Crippen LogP contribution in [0.1, 0.15) is 44.6 Å². The van der Waals surface area contributed by atoms with E-state index in [0.29, 0.717) is 55.4 Å². The number of benzene rings is 2. The molecule has 0 aromatic heterocycles. The van der Waals surface area contributed by atoms with Crippen molar-refractivity contribution in [1.82, 2.24) is 4.90 Å². The van der Waals surface area contributed by atoms with Crippen LogP contribution in [0.2, 0.25) is 5.02 Å². The molecule has 4 rings (SSSR count). The summed E-state index contributed by atoms with van der Waals surface area (Å²) in [5.74, 6) is 0.164. The van der Waals surface area contributed by atoms with Gasteiger partial charge in [0, 0.05) is 50.8 Å². The highest BCUT2D eigenvalue weighted by atomic mass is 35.5. The number of rotatable bonds is 5. The average Bonchev–Trinajstić information content (AvgIpc) is 2.85. The number of nitrogens with zero attached hydrogens (tertiary/aromatic N) is 2. The van der Waals surface area contributed by atoms with E-state index >= 15 is 0 Å². The van der Waals surface area contributed by atoms with Gasteiger partial charge in [-0.25, -0.2) is 0 Å². The van der Waals surface area contributed by atoms with Crippen LogP contribution in [-0.2, 0) is 15.8 Å². The number of carbonyl (C=O) groups is 2. The van der Waals surface area contributed by atoms with E-state index in [2.05, 4.69) is 5.32 Å². The van der Waals surface area contributed by atoms with Crippen LogP contribution in [0.25, 0.3) is 0 Å². The first-order valence-electron chi connectivity index (χ1n) is 12.1. The smallest absolute Gasteiger partial charge is 0.416 e. The lowest BCUT2D eigenvalue weighted by molar-refractivity contribution is -0.138. The minimum absolute atomic E-state index is 0.0833. The zero-order valence-corrected chi connectivity index (χ0v) is 20.7. The quantitative estimate of drug-likeness (QED) is 0.542. The number of alkyl halides is 3. The fourth-order valence-electron chi connectivity index (χ4n) is 4.75. The van der Waals surface area contributed by atoms with Crippen LogP contribution in [0.3, 0.4) is 0 Å². The molecule has 0 spiro atoms. The van der Waals surface area contributed by atoms with E-state index in [4.69, 9.17) is 16.3 Å². The van der Waals surface area contributed by atoms with E-state index in [-0.39, 0.29) is 17.9 Å². The molecule has 2 aliphatic heterocycles. The second-order valence-corrected chi connectivity index (χ2v) is 9.61. The van der Waals surface area contributed by atoms with Gasteiger partial charge in [-0.1, -0.05) is 11.6 Å². The molecule has 194 valence electrons. The zero-order valence-electron chi connectivity index (χ0n) is 20.0. The van der Waals surface area contributed by atoms with E-state index in [0.717, 1.165) is 30.7 Å². The average molecular weight is 524 g/mol. The first kappa shape index (κ1) is 26.1. The Kier molecular flexibility index (Phi) is 7.97. The van der Waals surface area contributed by atoms with Gasteiger partial charge in [-0.05, 0) is 61.7 Å². The maximum Gasteiger partial charge on any atom is 0.416 e. The highest BCUT2D eigenvalue weighted by Gasteiger charge is 2.31. The van der Waals surface area contributed by atoms with Crippen molar-refractivity contribution in [1.29, 1.82) is 0 Å². The highest BCUT2D eigenvalue weighted by Crippen LogP contribution is 2.33. The van der Waals surface area contributed by atoms with E-state index in [9.17, 15) is 22.8 Å². The number of ether oxygens (including phenoxy) is 1. The van der Waals surface area contributed by atoms with Crippen LogP contribution < -0.4 is 15.0 Å². The van der Waals surface area contributed by atoms with Gasteiger partial charge in [-0.15, -0.1) is 0 Å². The summed E-state index contributed by atoms with van der Waals surface area (Å²) in [6.45, 7) is 3.35. The molecule has 1 unspecified atom stereocenters. The monoisotopic (exact) mass is 523 g/mol. The van der Waals surface area contributed by atoms with Gasteiger partial charge in [0.25, 0.3) is 0 Å². The lowest BCUT2D eigenvalue weighted by atomic mass is 10.0. The molecule has 0 saturated carbocycles. The number of anilines is 2. The molecular weight excluding hydrogens is 495 g/mol. The Morgan fingerprint density at radius 1 is 1.00 bits per heavy atom. The standard InChI is InChI=1S/C26H29ClF3N3O3/c1-17(34)33-13-3-2-4-23(33)25(35)31-19-7-10-24(22(27)16-19)36-21-11-14-32(15-12-21)20-8-5-18(6-9-20)26(28,29)30/h5-10,16,21,23H,2-4,11-15H2,1H3,(H,31,35). The Bertz CT molecular complexity index is 1090. The molecule has 2 saturated heterocycles. The van der Waals surface area contributed by atoms with Gasteiger partial charge in [0.05, 0.1) is 10.6 Å². The summed E-state index contributed by atoms with van der Waals surface area (Å²) >= 11 is 6.43. The number of carbonyl (C=O) groups excluding carboxylic acids is 2. The first-order valence-corrected chi connectivity index (χ1v) is 12.5. The maximum atomic E-state index is 12.8. The van der Waals surface area contributed by atoms with Crippen molar-refractivity contribution >= 4 is 34.8 Å². The van der Waals surface area contributed by atoms with Crippen molar-refractivity contribution in [3.8, 4) is 5.75 Å². The fraction of sp³-hybridized carbons (Fsp3) is 0.462. The Morgan fingerprint density at radius 2 is 1.69 bits per heavy atom. The van der Waals surface area contributed by atoms with E-state index in [1.54, 1.807) is 23.1 Å². The van der Waals surface area contributed by atoms with Gasteiger partial charge in [-0.2, -0.15) is 13.2 Å². The molecular formula is C26H29ClF3N3O3. The number of hydrogen-bond acceptors (Lipinski definition) is 4. The van der Waals surface area contributed by atoms with Gasteiger partial charge in [0.15, 0.2) is 0 Å². The number of piperidine rings is 2. The molecule has 10 heteroatoms. The molecule has 1 atom stereocenters. The molecule has 36 heavy (non-hydrogen) atoms. The lowest BCUT2D eigenvalue weighted by Gasteiger charge is -2.34. The second-order valence-electron chi connectivity index (χ2n) is 9.21. The molecule has 2 fully saturated rings. The van der Waals surface area contributed by atoms with Crippen LogP contribution in [0.5, 0.6) is 5.75 Å². The van der Waals surface area contributed by atoms with Crippen LogP contribution in [0.4, 0.5) is 24.5 Å². The predicted octanol–water partition coefficient (Wildman–Crippen LogP) is 5.75. The van der Waals surface area contributed by atoms with E-state index in [1.807, 2.05) is 4.90 Å². The minimum atomic E-state index is -4.35. The summed E-state index contributed by atoms with van der Waals surface area (Å²) < 4.78 is 44.5. The molecule has 1 N–H and O–H groups in total. The first-order chi connectivity index (χ1) is 17.1. The maximum absolute atomic E-state index is 12.8. The third kappa shape index (κ3) is 6.24. The van der Waals surface area contributed by atoms with Gasteiger partial charge < -0.3 is 19.9 Å². The van der Waals surface area contributed by atoms with Crippen molar-refractivity contribution in [2.24, 2.45) is 0 Å². The van der Waals surface area contributed by atoms with Gasteiger partial charge >= 0.3 is 6.18 Å². The summed E-state index contributed by atoms with van der Waals surface area (Å²) in [6.07, 6.45) is -0.623. The topological polar surface area (TPSA) is 61.9 Å². The minimum Gasteiger partial charge on any atom is -0.489 e. The molecule has 2 heterocycles. The highest BCUT2D eigenvalue weighted by molar-refractivity contribution is 6.32. The van der Waals surface area contributed by atoms with Crippen LogP contribution in [0.15, 0.2) is 42.5 Å². The van der Waals surface area contributed by atoms with Gasteiger partial charge in [-0.3, -0.25) is 9.59 Å². The Hall–Kier alpha value is -2.94. The van der Waals surface area contributed by atoms with Crippen LogP contribution in [0, 0.1) is 0 Å². The summed E-state index contributed by atoms with van der Waals surface area (Å²) in [7, 11) is 0. The molecule has 0 radical (unpaired) electrons. The molecule has 2 aromatic carbocycles. The Labute approximate surface area is 213 Å². The number of amides is 2. The Balaban J connectivity index is 1.31. The number of halogens is 4. The summed E-state index contributed by atoms with van der Waals surface area (Å²) in [4.78, 5) is 28.3. The number of likely N-dealkylation sites (tertiary alicyclic amines) is 1. The molecule has 6 nitrogen and oxygen atoms in total. The van der Waals surface area contributed by atoms with Crippen molar-refractivity contribution < 1.29 is 27.5 Å². The van der Waals surface area contributed by atoms with E-state index in [1.165, 1.54) is 19.1 Å². The van der Waals surface area contributed by atoms with Crippen molar-refractivity contribution in [2.75, 3.05) is 29.9 Å². The third-order valence-electron chi connectivity index (χ3n) is 6.70. The van der Waals surface area contributed by atoms with Gasteiger partial charge in [0.1, 0.15) is 17.9 Å². The lowest BCUT2D eigenvalue weighted by Crippen LogP contribution is -2.49. The summed E-state index contributed by atoms with van der Waals surface area (Å²) in [5.41, 5.74) is 0.623. The molecule has 0 aliphatic carbocycles. The predicted molar refractivity (Wildman–Crippen MR) is 132 cm³/mol. The van der Waals surface area contributed by atoms with E-state index < -0.39 is 17.8 Å². The fourth-order valence-corrected chi connectivity index (χ4v) is 4.98. The van der Waals surface area contributed by atoms with Crippen molar-refractivity contribution in [2.45, 2.75) is 57.3 Å². The largest absolute Gasteiger partial charge is 0.489 e. The molecule has 2 aliphatic rings. The number of hydrogen-bond donors (Lipinski definition) is 1. The molecule has 2 amide bonds. The number of nitrogens with one attached hydrogen (secondary N) is 1. The summed E-state index contributed by atoms with van der Waals surface area (Å²) in [6, 6.07) is 9.77. The molecule has 0 bridgehead atoms. The second kappa shape index (κ2) is 11.0. The zero-order chi connectivity index (χ0) is 25.9.